The molecule has 0 spiro atoms. The van der Waals surface area contributed by atoms with E-state index in [0.29, 0.717) is 17.5 Å². The van der Waals surface area contributed by atoms with Crippen molar-refractivity contribution < 1.29 is 26.3 Å². The van der Waals surface area contributed by atoms with Crippen LogP contribution in [0.15, 0.2) is 41.4 Å². The Bertz CT molecular complexity index is 824. The molecule has 1 heterocycles. The van der Waals surface area contributed by atoms with Crippen LogP contribution >= 0.6 is 11.6 Å². The molecular formula is C14H12ClF3N2O3S. The highest BCUT2D eigenvalue weighted by Crippen LogP contribution is 2.35. The van der Waals surface area contributed by atoms with Crippen molar-refractivity contribution in [2.24, 2.45) is 0 Å². The van der Waals surface area contributed by atoms with Gasteiger partial charge in [-0.1, -0.05) is 17.7 Å². The molecule has 5 nitrogen and oxygen atoms in total. The van der Waals surface area contributed by atoms with E-state index >= 15 is 0 Å². The summed E-state index contributed by atoms with van der Waals surface area (Å²) in [6.45, 7) is -0.223. The first-order valence-corrected chi connectivity index (χ1v) is 8.35. The topological polar surface area (TPSA) is 68.3 Å². The Hall–Kier alpha value is -1.84. The Morgan fingerprint density at radius 2 is 1.96 bits per heavy atom. The minimum atomic E-state index is -4.85. The molecule has 0 atom stereocenters. The number of rotatable bonds is 5. The molecule has 1 N–H and O–H groups in total. The van der Waals surface area contributed by atoms with Gasteiger partial charge in [0, 0.05) is 23.8 Å². The summed E-state index contributed by atoms with van der Waals surface area (Å²) in [6, 6.07) is 5.53. The molecule has 1 aromatic heterocycles. The first-order chi connectivity index (χ1) is 11.1. The number of nitrogens with one attached hydrogen (secondary N) is 1. The largest absolute Gasteiger partial charge is 0.481 e. The van der Waals surface area contributed by atoms with Crippen LogP contribution in [0.1, 0.15) is 11.1 Å². The highest BCUT2D eigenvalue weighted by atomic mass is 35.5. The van der Waals surface area contributed by atoms with E-state index in [-0.39, 0.29) is 11.6 Å². The van der Waals surface area contributed by atoms with Crippen LogP contribution < -0.4 is 9.46 Å². The first kappa shape index (κ1) is 18.5. The zero-order chi connectivity index (χ0) is 18.0. The van der Waals surface area contributed by atoms with Gasteiger partial charge in [0.05, 0.1) is 17.6 Å². The van der Waals surface area contributed by atoms with Crippen molar-refractivity contribution in [2.75, 3.05) is 7.11 Å². The Labute approximate surface area is 141 Å². The van der Waals surface area contributed by atoms with E-state index in [1.807, 2.05) is 0 Å². The minimum absolute atomic E-state index is 0.208. The molecule has 0 unspecified atom stereocenters. The fraction of sp³-hybridized carbons (Fsp3) is 0.214. The molecule has 0 fully saturated rings. The smallest absolute Gasteiger partial charge is 0.417 e. The van der Waals surface area contributed by atoms with Crippen molar-refractivity contribution in [3.05, 3.63) is 52.7 Å². The Balaban J connectivity index is 2.27. The normalized spacial score (nSPS) is 12.2. The zero-order valence-electron chi connectivity index (χ0n) is 12.3. The number of hydrogen-bond donors (Lipinski definition) is 1. The lowest BCUT2D eigenvalue weighted by atomic mass is 10.2. The summed E-state index contributed by atoms with van der Waals surface area (Å²) >= 11 is 5.54. The average Bonchev–Trinajstić information content (AvgIpc) is 2.52. The molecule has 0 radical (unpaired) electrons. The second kappa shape index (κ2) is 6.96. The fourth-order valence-corrected chi connectivity index (χ4v) is 3.25. The van der Waals surface area contributed by atoms with Crippen LogP contribution in [0.25, 0.3) is 0 Å². The monoisotopic (exact) mass is 380 g/mol. The van der Waals surface area contributed by atoms with Gasteiger partial charge in [0.1, 0.15) is 0 Å². The van der Waals surface area contributed by atoms with Crippen LogP contribution in [0.3, 0.4) is 0 Å². The maximum atomic E-state index is 13.0. The van der Waals surface area contributed by atoms with Crippen molar-refractivity contribution in [1.82, 2.24) is 9.71 Å². The molecule has 0 saturated carbocycles. The SMILES string of the molecule is COc1ccc(CNS(=O)(=O)c2ccc(Cl)cc2C(F)(F)F)cn1. The van der Waals surface area contributed by atoms with Crippen molar-refractivity contribution in [3.8, 4) is 5.88 Å². The van der Waals surface area contributed by atoms with Crippen molar-refractivity contribution >= 4 is 21.6 Å². The quantitative estimate of drug-likeness (QED) is 0.864. The zero-order valence-corrected chi connectivity index (χ0v) is 13.8. The van der Waals surface area contributed by atoms with Gasteiger partial charge in [-0.3, -0.25) is 0 Å². The van der Waals surface area contributed by atoms with Crippen molar-refractivity contribution in [2.45, 2.75) is 17.6 Å². The van der Waals surface area contributed by atoms with Gasteiger partial charge in [-0.25, -0.2) is 18.1 Å². The number of sulfonamides is 1. The lowest BCUT2D eigenvalue weighted by Gasteiger charge is -2.14. The minimum Gasteiger partial charge on any atom is -0.481 e. The molecule has 0 aliphatic carbocycles. The summed E-state index contributed by atoms with van der Waals surface area (Å²) in [5, 5.41) is -0.208. The highest BCUT2D eigenvalue weighted by Gasteiger charge is 2.37. The number of hydrogen-bond acceptors (Lipinski definition) is 4. The number of methoxy groups -OCH3 is 1. The molecule has 1 aromatic carbocycles. The Morgan fingerprint density at radius 1 is 1.25 bits per heavy atom. The molecule has 0 aliphatic rings. The summed E-state index contributed by atoms with van der Waals surface area (Å²) < 4.78 is 70.5. The molecule has 10 heteroatoms. The van der Waals surface area contributed by atoms with Crippen LogP contribution in [0.4, 0.5) is 13.2 Å². The van der Waals surface area contributed by atoms with E-state index in [4.69, 9.17) is 16.3 Å². The number of ether oxygens (including phenoxy) is 1. The molecule has 0 bridgehead atoms. The van der Waals surface area contributed by atoms with Crippen molar-refractivity contribution in [3.63, 3.8) is 0 Å². The lowest BCUT2D eigenvalue weighted by molar-refractivity contribution is -0.139. The van der Waals surface area contributed by atoms with Gasteiger partial charge in [-0.05, 0) is 23.8 Å². The van der Waals surface area contributed by atoms with Gasteiger partial charge >= 0.3 is 6.18 Å². The first-order valence-electron chi connectivity index (χ1n) is 6.49. The third-order valence-electron chi connectivity index (χ3n) is 3.01. The maximum absolute atomic E-state index is 13.0. The summed E-state index contributed by atoms with van der Waals surface area (Å²) in [7, 11) is -2.97. The number of nitrogens with zero attached hydrogens (tertiary/aromatic N) is 1. The Kier molecular flexibility index (Phi) is 5.36. The summed E-state index contributed by atoms with van der Waals surface area (Å²) in [5.74, 6) is 0.332. The molecule has 2 rings (SSSR count). The lowest BCUT2D eigenvalue weighted by Crippen LogP contribution is -2.26. The number of alkyl halides is 3. The molecular weight excluding hydrogens is 369 g/mol. The van der Waals surface area contributed by atoms with Gasteiger partial charge in [0.2, 0.25) is 15.9 Å². The van der Waals surface area contributed by atoms with Crippen LogP contribution in [-0.2, 0) is 22.7 Å². The standard InChI is InChI=1S/C14H12ClF3N2O3S/c1-23-13-5-2-9(7-19-13)8-20-24(21,22)12-4-3-10(15)6-11(12)14(16,17)18/h2-7,20H,8H2,1H3. The number of halogens is 4. The molecule has 2 aromatic rings. The fourth-order valence-electron chi connectivity index (χ4n) is 1.85. The average molecular weight is 381 g/mol. The van der Waals surface area contributed by atoms with Crippen LogP contribution in [0, 0.1) is 0 Å². The van der Waals surface area contributed by atoms with Crippen LogP contribution in [0.2, 0.25) is 5.02 Å². The van der Waals surface area contributed by atoms with Gasteiger partial charge in [0.25, 0.3) is 0 Å². The second-order valence-corrected chi connectivity index (χ2v) is 6.84. The molecule has 0 aliphatic heterocycles. The number of pyridine rings is 1. The van der Waals surface area contributed by atoms with E-state index in [1.165, 1.54) is 19.4 Å². The van der Waals surface area contributed by atoms with Gasteiger partial charge in [-0.15, -0.1) is 0 Å². The van der Waals surface area contributed by atoms with E-state index in [2.05, 4.69) is 9.71 Å². The van der Waals surface area contributed by atoms with Gasteiger partial charge in [0.15, 0.2) is 0 Å². The maximum Gasteiger partial charge on any atom is 0.417 e. The van der Waals surface area contributed by atoms with E-state index in [1.54, 1.807) is 6.07 Å². The third kappa shape index (κ3) is 4.37. The van der Waals surface area contributed by atoms with Crippen LogP contribution in [0.5, 0.6) is 5.88 Å². The molecule has 0 amide bonds. The summed E-state index contributed by atoms with van der Waals surface area (Å²) in [5.41, 5.74) is -0.864. The van der Waals surface area contributed by atoms with E-state index < -0.39 is 26.7 Å². The molecule has 130 valence electrons. The Morgan fingerprint density at radius 3 is 2.50 bits per heavy atom. The number of aromatic nitrogens is 1. The number of benzene rings is 1. The van der Waals surface area contributed by atoms with Gasteiger partial charge in [-0.2, -0.15) is 13.2 Å². The predicted molar refractivity (Wildman–Crippen MR) is 81.3 cm³/mol. The van der Waals surface area contributed by atoms with Gasteiger partial charge < -0.3 is 4.74 Å². The second-order valence-electron chi connectivity index (χ2n) is 4.67. The predicted octanol–water partition coefficient (Wildman–Crippen LogP) is 3.24. The summed E-state index contributed by atoms with van der Waals surface area (Å²) in [6.07, 6.45) is -3.50. The summed E-state index contributed by atoms with van der Waals surface area (Å²) in [4.78, 5) is 3.00. The third-order valence-corrected chi connectivity index (χ3v) is 4.70. The van der Waals surface area contributed by atoms with Crippen LogP contribution in [-0.4, -0.2) is 20.5 Å². The molecule has 24 heavy (non-hydrogen) atoms. The molecule has 0 saturated heterocycles. The van der Waals surface area contributed by atoms with E-state index in [0.717, 1.165) is 12.1 Å². The van der Waals surface area contributed by atoms with Crippen molar-refractivity contribution in [1.29, 1.82) is 0 Å². The highest BCUT2D eigenvalue weighted by molar-refractivity contribution is 7.89. The van der Waals surface area contributed by atoms with E-state index in [9.17, 15) is 21.6 Å².